The molecule has 1 fully saturated rings. The van der Waals surface area contributed by atoms with E-state index in [1.807, 2.05) is 67.1 Å². The molecule has 0 radical (unpaired) electrons. The summed E-state index contributed by atoms with van der Waals surface area (Å²) < 4.78 is 30.3. The minimum atomic E-state index is -1.25. The van der Waals surface area contributed by atoms with Crippen LogP contribution in [0.25, 0.3) is 22.4 Å². The third-order valence-electron chi connectivity index (χ3n) is 13.2. The summed E-state index contributed by atoms with van der Waals surface area (Å²) in [4.78, 5) is 77.5. The van der Waals surface area contributed by atoms with E-state index in [0.717, 1.165) is 17.0 Å². The maximum Gasteiger partial charge on any atom is 0.305 e. The molecule has 4 heterocycles. The van der Waals surface area contributed by atoms with Crippen molar-refractivity contribution in [1.29, 1.82) is 0 Å². The quantitative estimate of drug-likeness (QED) is 0.0240. The van der Waals surface area contributed by atoms with Gasteiger partial charge in [-0.05, 0) is 116 Å². The van der Waals surface area contributed by atoms with Gasteiger partial charge in [-0.3, -0.25) is 39.0 Å². The lowest BCUT2D eigenvalue weighted by Gasteiger charge is -2.27. The molecule has 4 aromatic carbocycles. The molecule has 1 saturated heterocycles. The number of carboxylic acid groups (broad SMARTS) is 1. The number of amides is 5. The second-order valence-electron chi connectivity index (χ2n) is 19.1. The molecule has 6 N–H and O–H groups in total. The number of benzene rings is 4. The van der Waals surface area contributed by atoms with Gasteiger partial charge in [0, 0.05) is 48.3 Å². The number of unbranched alkanes of at least 4 members (excludes halogenated alkanes) is 1. The average Bonchev–Trinajstić information content (AvgIpc) is 4.11. The van der Waals surface area contributed by atoms with E-state index in [2.05, 4.69) is 26.3 Å². The van der Waals surface area contributed by atoms with E-state index in [-0.39, 0.29) is 61.8 Å². The number of aromatic nitrogens is 4. The van der Waals surface area contributed by atoms with Crippen LogP contribution in [0.5, 0.6) is 5.75 Å². The fourth-order valence-corrected chi connectivity index (χ4v) is 9.68. The van der Waals surface area contributed by atoms with E-state index in [1.54, 1.807) is 41.1 Å². The van der Waals surface area contributed by atoms with Crippen molar-refractivity contribution in [2.75, 3.05) is 37.0 Å². The Morgan fingerprint density at radius 3 is 2.38 bits per heavy atom. The number of carboxylic acids is 1. The number of para-hydroxylation sites is 1. The van der Waals surface area contributed by atoms with E-state index >= 15 is 0 Å². The van der Waals surface area contributed by atoms with Crippen LogP contribution < -0.4 is 20.7 Å². The van der Waals surface area contributed by atoms with Gasteiger partial charge >= 0.3 is 5.97 Å². The molecule has 5 amide bonds. The highest BCUT2D eigenvalue weighted by atomic mass is 19.1. The number of rotatable bonds is 26. The molecule has 19 nitrogen and oxygen atoms in total. The SMILES string of the molecule is CC(C)c1c(C(=O)Nc2ccccc2)c(-c2cccc(OCCCCc3cn(CCOCCNc4cccc5c4C(=O)N(C4CCC(=O)NC4=O)C5=O)nn3)c2)c(-c2ccc(F)cc2)n1CC[C@@H](O)C[C@@H](O)CC(=O)O. The molecule has 0 bridgehead atoms. The number of hydrogen-bond acceptors (Lipinski definition) is 13. The topological polar surface area (TPSA) is 257 Å². The van der Waals surface area contributed by atoms with Crippen molar-refractivity contribution < 1.29 is 58.0 Å². The molecule has 8 rings (SSSR count). The number of fused-ring (bicyclic) bond motifs is 1. The normalized spacial score (nSPS) is 15.2. The van der Waals surface area contributed by atoms with Crippen LogP contribution >= 0.6 is 0 Å². The molecule has 76 heavy (non-hydrogen) atoms. The van der Waals surface area contributed by atoms with Crippen LogP contribution in [0.2, 0.25) is 0 Å². The summed E-state index contributed by atoms with van der Waals surface area (Å²) in [6.07, 6.45) is 1.21. The number of aliphatic hydroxyl groups is 2. The van der Waals surface area contributed by atoms with Gasteiger partial charge in [0.2, 0.25) is 11.8 Å². The van der Waals surface area contributed by atoms with Crippen molar-refractivity contribution in [3.63, 3.8) is 0 Å². The van der Waals surface area contributed by atoms with Gasteiger partial charge in [-0.25, -0.2) is 9.07 Å². The summed E-state index contributed by atoms with van der Waals surface area (Å²) in [7, 11) is 0. The Morgan fingerprint density at radius 1 is 0.855 bits per heavy atom. The summed E-state index contributed by atoms with van der Waals surface area (Å²) in [6, 6.07) is 26.3. The summed E-state index contributed by atoms with van der Waals surface area (Å²) in [5, 5.41) is 47.5. The van der Waals surface area contributed by atoms with E-state index in [9.17, 15) is 48.5 Å². The van der Waals surface area contributed by atoms with Crippen LogP contribution in [-0.2, 0) is 38.6 Å². The highest BCUT2D eigenvalue weighted by molar-refractivity contribution is 6.25. The number of piperidine rings is 1. The number of halogens is 1. The molecule has 3 atom stereocenters. The van der Waals surface area contributed by atoms with Gasteiger partial charge in [0.1, 0.15) is 17.6 Å². The number of anilines is 2. The molecular weight excluding hydrogens is 980 g/mol. The summed E-state index contributed by atoms with van der Waals surface area (Å²) >= 11 is 0. The van der Waals surface area contributed by atoms with Crippen LogP contribution in [0.1, 0.15) is 107 Å². The number of carbonyl (C=O) groups is 6. The third-order valence-corrected chi connectivity index (χ3v) is 13.2. The first-order valence-corrected chi connectivity index (χ1v) is 25.4. The average molecular weight is 1040 g/mol. The number of aliphatic carboxylic acids is 1. The third kappa shape index (κ3) is 13.1. The maximum absolute atomic E-state index is 14.6. The number of ether oxygens (including phenoxy) is 2. The maximum atomic E-state index is 14.6. The lowest BCUT2D eigenvalue weighted by atomic mass is 9.94. The number of aryl methyl sites for hydroxylation is 1. The van der Waals surface area contributed by atoms with Gasteiger partial charge in [-0.1, -0.05) is 55.5 Å². The molecule has 1 unspecified atom stereocenters. The number of nitrogens with zero attached hydrogens (tertiary/aromatic N) is 5. The number of imide groups is 2. The van der Waals surface area contributed by atoms with Crippen molar-refractivity contribution in [3.8, 4) is 28.1 Å². The highest BCUT2D eigenvalue weighted by Crippen LogP contribution is 2.44. The predicted molar refractivity (Wildman–Crippen MR) is 278 cm³/mol. The number of hydrogen-bond donors (Lipinski definition) is 6. The van der Waals surface area contributed by atoms with E-state index in [1.165, 1.54) is 18.2 Å². The fourth-order valence-electron chi connectivity index (χ4n) is 9.68. The molecule has 2 aromatic heterocycles. The molecule has 6 aromatic rings. The van der Waals surface area contributed by atoms with Gasteiger partial charge in [0.25, 0.3) is 17.7 Å². The second-order valence-corrected chi connectivity index (χ2v) is 19.1. The number of aliphatic hydroxyl groups excluding tert-OH is 2. The van der Waals surface area contributed by atoms with Crippen LogP contribution in [0, 0.1) is 5.82 Å². The van der Waals surface area contributed by atoms with Gasteiger partial charge in [0.15, 0.2) is 0 Å². The van der Waals surface area contributed by atoms with Crippen molar-refractivity contribution in [2.24, 2.45) is 0 Å². The van der Waals surface area contributed by atoms with Crippen molar-refractivity contribution in [3.05, 3.63) is 137 Å². The molecule has 2 aliphatic heterocycles. The minimum absolute atomic E-state index is 0.0363. The number of nitrogens with one attached hydrogen (secondary N) is 3. The smallest absolute Gasteiger partial charge is 0.305 e. The van der Waals surface area contributed by atoms with Crippen LogP contribution in [0.4, 0.5) is 15.8 Å². The minimum Gasteiger partial charge on any atom is -0.494 e. The first kappa shape index (κ1) is 54.2. The van der Waals surface area contributed by atoms with Gasteiger partial charge in [0.05, 0.1) is 73.1 Å². The van der Waals surface area contributed by atoms with Gasteiger partial charge < -0.3 is 40.0 Å². The van der Waals surface area contributed by atoms with E-state index < -0.39 is 60.1 Å². The van der Waals surface area contributed by atoms with Crippen molar-refractivity contribution >= 4 is 46.9 Å². The van der Waals surface area contributed by atoms with Gasteiger partial charge in [-0.15, -0.1) is 5.10 Å². The molecule has 0 saturated carbocycles. The largest absolute Gasteiger partial charge is 0.494 e. The molecular formula is C56H61FN8O11. The standard InChI is InChI=1S/C56H61FN8O11/c1-34(2)51-50(54(72)59-38-11-4-3-5-12-38)48(52(35-17-19-37(57)20-18-35)64(51)25-23-40(66)31-41(67)32-47(69)70)36-10-8-14-42(30-36)76-27-7-6-13-39-33-63(62-61-39)26-29-75-28-24-58-44-16-9-15-43-49(44)56(74)65(55(43)73)45-21-22-46(68)60-53(45)71/h3-5,8-12,14-20,30,33-34,40-41,45,58,66-67H,6-7,13,21-29,31-32H2,1-2H3,(H,59,72)(H,69,70)(H,60,68,71)/t40-,41-,45?/m1/s1. The number of carbonyl (C=O) groups excluding carboxylic acids is 5. The van der Waals surface area contributed by atoms with Crippen LogP contribution in [-0.4, -0.2) is 120 Å². The Kier molecular flexibility index (Phi) is 17.8. The first-order valence-electron chi connectivity index (χ1n) is 25.4. The molecule has 0 aliphatic carbocycles. The highest BCUT2D eigenvalue weighted by Gasteiger charge is 2.45. The van der Waals surface area contributed by atoms with Gasteiger partial charge in [-0.2, -0.15) is 0 Å². The zero-order valence-electron chi connectivity index (χ0n) is 42.2. The second kappa shape index (κ2) is 25.0. The van der Waals surface area contributed by atoms with Crippen molar-refractivity contribution in [1.82, 2.24) is 29.8 Å². The van der Waals surface area contributed by atoms with E-state index in [0.29, 0.717) is 89.9 Å². The molecule has 0 spiro atoms. The lowest BCUT2D eigenvalue weighted by Crippen LogP contribution is -2.54. The van der Waals surface area contributed by atoms with Crippen LogP contribution in [0.15, 0.2) is 103 Å². The lowest BCUT2D eigenvalue weighted by molar-refractivity contribution is -0.140. The molecule has 20 heteroatoms. The van der Waals surface area contributed by atoms with Crippen molar-refractivity contribution in [2.45, 2.75) is 102 Å². The Hall–Kier alpha value is -8.07. The monoisotopic (exact) mass is 1040 g/mol. The zero-order chi connectivity index (χ0) is 53.9. The first-order chi connectivity index (χ1) is 36.7. The zero-order valence-corrected chi connectivity index (χ0v) is 42.2. The Balaban J connectivity index is 0.876. The Labute approximate surface area is 438 Å². The Morgan fingerprint density at radius 2 is 1.63 bits per heavy atom. The fraction of sp³-hybridized carbons (Fsp3) is 0.357. The summed E-state index contributed by atoms with van der Waals surface area (Å²) in [6.45, 7) is 5.90. The molecule has 2 aliphatic rings. The van der Waals surface area contributed by atoms with E-state index in [4.69, 9.17) is 9.47 Å². The Bertz CT molecular complexity index is 3070. The van der Waals surface area contributed by atoms with Crippen LogP contribution in [0.3, 0.4) is 0 Å². The predicted octanol–water partition coefficient (Wildman–Crippen LogP) is 6.84. The summed E-state index contributed by atoms with van der Waals surface area (Å²) in [5.41, 5.74) is 5.73. The summed E-state index contributed by atoms with van der Waals surface area (Å²) in [5.74, 6) is -3.92. The molecule has 398 valence electrons.